The Bertz CT molecular complexity index is 1880. The second-order valence-electron chi connectivity index (χ2n) is 11.8. The van der Waals surface area contributed by atoms with Crippen molar-refractivity contribution < 1.29 is 32.4 Å². The van der Waals surface area contributed by atoms with Crippen molar-refractivity contribution in [3.63, 3.8) is 0 Å². The molecule has 0 spiro atoms. The van der Waals surface area contributed by atoms with Crippen LogP contribution in [0, 0.1) is 15.9 Å². The molecule has 2 aromatic carbocycles. The standard InChI is InChI=1S/C30H34FN7O7S/c1-30(2,3)45-29(40)36(16-15-35-13-6-7-21(35)19-39)27-12-14-37-28(33-27)23(18-32-37)22-17-20(10-11-24(22)31)34-46(43,44)26-9-5-4-8-25(26)38(41)42/h4-5,8-12,14,17-18,21,34,39H,6-7,13,15-16,19H2,1-3H3/t21-/m0/s1. The zero-order chi connectivity index (χ0) is 33.2. The Morgan fingerprint density at radius 3 is 2.70 bits per heavy atom. The Kier molecular flexibility index (Phi) is 9.23. The summed E-state index contributed by atoms with van der Waals surface area (Å²) < 4.78 is 50.8. The highest BCUT2D eigenvalue weighted by atomic mass is 32.2. The number of carbonyl (C=O) groups is 1. The van der Waals surface area contributed by atoms with E-state index >= 15 is 4.39 Å². The lowest BCUT2D eigenvalue weighted by Gasteiger charge is -2.29. The van der Waals surface area contributed by atoms with Crippen LogP contribution in [0.3, 0.4) is 0 Å². The molecule has 1 aliphatic rings. The molecule has 244 valence electrons. The summed E-state index contributed by atoms with van der Waals surface area (Å²) >= 11 is 0. The first-order valence-corrected chi connectivity index (χ1v) is 16.0. The molecule has 0 saturated carbocycles. The van der Waals surface area contributed by atoms with E-state index in [0.29, 0.717) is 6.54 Å². The van der Waals surface area contributed by atoms with Crippen LogP contribution in [0.1, 0.15) is 33.6 Å². The number of sulfonamides is 1. The number of aromatic nitrogens is 3. The second-order valence-corrected chi connectivity index (χ2v) is 13.4. The Balaban J connectivity index is 1.49. The third-order valence-electron chi connectivity index (χ3n) is 7.43. The third kappa shape index (κ3) is 7.08. The van der Waals surface area contributed by atoms with Crippen molar-refractivity contribution in [3.8, 4) is 11.1 Å². The summed E-state index contributed by atoms with van der Waals surface area (Å²) in [5.41, 5.74) is -1.12. The minimum absolute atomic E-state index is 0.00180. The van der Waals surface area contributed by atoms with Crippen LogP contribution in [0.25, 0.3) is 16.8 Å². The fraction of sp³-hybridized carbons (Fsp3) is 0.367. The van der Waals surface area contributed by atoms with Gasteiger partial charge in [0.05, 0.1) is 17.7 Å². The molecule has 46 heavy (non-hydrogen) atoms. The number of para-hydroxylation sites is 1. The number of nitrogens with one attached hydrogen (secondary N) is 1. The number of aliphatic hydroxyl groups excluding tert-OH is 1. The van der Waals surface area contributed by atoms with Gasteiger partial charge in [0.2, 0.25) is 0 Å². The highest BCUT2D eigenvalue weighted by Crippen LogP contribution is 2.32. The van der Waals surface area contributed by atoms with Gasteiger partial charge in [0.15, 0.2) is 10.5 Å². The van der Waals surface area contributed by atoms with Gasteiger partial charge in [-0.25, -0.2) is 27.1 Å². The van der Waals surface area contributed by atoms with Crippen molar-refractivity contribution in [1.29, 1.82) is 0 Å². The molecule has 5 rings (SSSR count). The lowest BCUT2D eigenvalue weighted by molar-refractivity contribution is -0.387. The van der Waals surface area contributed by atoms with E-state index in [9.17, 15) is 28.4 Å². The molecule has 0 bridgehead atoms. The van der Waals surface area contributed by atoms with Gasteiger partial charge in [-0.05, 0) is 70.5 Å². The Morgan fingerprint density at radius 2 is 1.98 bits per heavy atom. The molecule has 0 unspecified atom stereocenters. The molecule has 1 fully saturated rings. The SMILES string of the molecule is CC(C)(C)OC(=O)N(CCN1CCC[C@H]1CO)c1ccn2ncc(-c3cc(NS(=O)(=O)c4ccccc4[N+](=O)[O-])ccc3F)c2n1. The molecule has 4 aromatic rings. The molecule has 1 saturated heterocycles. The normalized spacial score (nSPS) is 15.6. The number of nitro benzene ring substituents is 1. The van der Waals surface area contributed by atoms with Crippen LogP contribution in [-0.4, -0.2) is 81.9 Å². The van der Waals surface area contributed by atoms with E-state index < -0.39 is 43.0 Å². The molecule has 1 amide bonds. The summed E-state index contributed by atoms with van der Waals surface area (Å²) in [5.74, 6) is -0.485. The predicted octanol–water partition coefficient (Wildman–Crippen LogP) is 4.44. The van der Waals surface area contributed by atoms with Crippen molar-refractivity contribution in [3.05, 3.63) is 76.9 Å². The maximum atomic E-state index is 15.3. The maximum absolute atomic E-state index is 15.3. The van der Waals surface area contributed by atoms with Gasteiger partial charge in [-0.3, -0.25) is 24.6 Å². The van der Waals surface area contributed by atoms with E-state index in [1.54, 1.807) is 33.0 Å². The van der Waals surface area contributed by atoms with E-state index in [2.05, 4.69) is 19.7 Å². The average molecular weight is 656 g/mol. The molecule has 2 N–H and O–H groups in total. The van der Waals surface area contributed by atoms with Crippen molar-refractivity contribution in [2.24, 2.45) is 0 Å². The fourth-order valence-corrected chi connectivity index (χ4v) is 6.50. The van der Waals surface area contributed by atoms with Gasteiger partial charge in [-0.2, -0.15) is 5.10 Å². The monoisotopic (exact) mass is 655 g/mol. The van der Waals surface area contributed by atoms with Crippen molar-refractivity contribution in [2.45, 2.75) is 50.2 Å². The molecule has 0 aliphatic carbocycles. The Hall–Kier alpha value is -4.67. The molecule has 14 nitrogen and oxygen atoms in total. The number of anilines is 2. The van der Waals surface area contributed by atoms with Crippen molar-refractivity contribution in [1.82, 2.24) is 19.5 Å². The van der Waals surface area contributed by atoms with Gasteiger partial charge in [-0.15, -0.1) is 0 Å². The number of ether oxygens (including phenoxy) is 1. The van der Waals surface area contributed by atoms with Gasteiger partial charge < -0.3 is 9.84 Å². The number of fused-ring (bicyclic) bond motifs is 1. The predicted molar refractivity (Wildman–Crippen MR) is 168 cm³/mol. The summed E-state index contributed by atoms with van der Waals surface area (Å²) in [4.78, 5) is 31.6. The van der Waals surface area contributed by atoms with Gasteiger partial charge in [0.1, 0.15) is 17.2 Å². The van der Waals surface area contributed by atoms with Crippen LogP contribution in [0.2, 0.25) is 0 Å². The summed E-state index contributed by atoms with van der Waals surface area (Å²) in [6, 6.07) is 9.94. The van der Waals surface area contributed by atoms with E-state index in [-0.39, 0.29) is 47.5 Å². The lowest BCUT2D eigenvalue weighted by Crippen LogP contribution is -2.43. The van der Waals surface area contributed by atoms with E-state index in [0.717, 1.165) is 37.6 Å². The van der Waals surface area contributed by atoms with Crippen LogP contribution in [-0.2, 0) is 14.8 Å². The quantitative estimate of drug-likeness (QED) is 0.184. The maximum Gasteiger partial charge on any atom is 0.416 e. The first kappa shape index (κ1) is 32.7. The minimum Gasteiger partial charge on any atom is -0.443 e. The molecule has 1 aliphatic heterocycles. The summed E-state index contributed by atoms with van der Waals surface area (Å²) in [5, 5.41) is 25.4. The van der Waals surface area contributed by atoms with Crippen molar-refractivity contribution >= 4 is 39.0 Å². The van der Waals surface area contributed by atoms with Crippen LogP contribution in [0.5, 0.6) is 0 Å². The van der Waals surface area contributed by atoms with E-state index in [1.165, 1.54) is 39.9 Å². The molecule has 16 heteroatoms. The number of halogens is 1. The van der Waals surface area contributed by atoms with E-state index in [4.69, 9.17) is 4.74 Å². The molecule has 3 heterocycles. The first-order chi connectivity index (χ1) is 21.8. The van der Waals surface area contributed by atoms with Crippen LogP contribution in [0.15, 0.2) is 65.8 Å². The number of carbonyl (C=O) groups excluding carboxylic acids is 1. The Labute approximate surface area is 264 Å². The van der Waals surface area contributed by atoms with Gasteiger partial charge in [0.25, 0.3) is 15.7 Å². The van der Waals surface area contributed by atoms with Crippen LogP contribution < -0.4 is 9.62 Å². The largest absolute Gasteiger partial charge is 0.443 e. The summed E-state index contributed by atoms with van der Waals surface area (Å²) in [6.45, 7) is 6.70. The summed E-state index contributed by atoms with van der Waals surface area (Å²) in [7, 11) is -4.42. The van der Waals surface area contributed by atoms with Crippen molar-refractivity contribution in [2.75, 3.05) is 35.9 Å². The third-order valence-corrected chi connectivity index (χ3v) is 8.85. The van der Waals surface area contributed by atoms with Crippen LogP contribution >= 0.6 is 0 Å². The zero-order valence-electron chi connectivity index (χ0n) is 25.5. The van der Waals surface area contributed by atoms with Gasteiger partial charge in [0, 0.05) is 48.2 Å². The zero-order valence-corrected chi connectivity index (χ0v) is 26.3. The number of rotatable bonds is 10. The summed E-state index contributed by atoms with van der Waals surface area (Å²) in [6.07, 6.45) is 4.07. The molecule has 0 radical (unpaired) electrons. The number of hydrogen-bond acceptors (Lipinski definition) is 10. The van der Waals surface area contributed by atoms with E-state index in [1.807, 2.05) is 0 Å². The smallest absolute Gasteiger partial charge is 0.416 e. The first-order valence-electron chi connectivity index (χ1n) is 14.5. The molecule has 1 atom stereocenters. The molecular weight excluding hydrogens is 621 g/mol. The number of nitro groups is 1. The molecular formula is C30H34FN7O7S. The topological polar surface area (TPSA) is 173 Å². The van der Waals surface area contributed by atoms with Crippen LogP contribution in [0.4, 0.5) is 26.4 Å². The average Bonchev–Trinajstić information content (AvgIpc) is 3.64. The van der Waals surface area contributed by atoms with Gasteiger partial charge >= 0.3 is 6.09 Å². The minimum atomic E-state index is -4.42. The number of benzene rings is 2. The number of hydrogen-bond donors (Lipinski definition) is 2. The Morgan fingerprint density at radius 1 is 1.22 bits per heavy atom. The van der Waals surface area contributed by atoms with Gasteiger partial charge in [-0.1, -0.05) is 12.1 Å². The highest BCUT2D eigenvalue weighted by Gasteiger charge is 2.29. The number of nitrogens with zero attached hydrogens (tertiary/aromatic N) is 6. The number of amides is 1. The number of likely N-dealkylation sites (tertiary alicyclic amines) is 1. The lowest BCUT2D eigenvalue weighted by atomic mass is 10.1. The second kappa shape index (κ2) is 13.0. The number of aliphatic hydroxyl groups is 1. The fourth-order valence-electron chi connectivity index (χ4n) is 5.28. The molecule has 2 aromatic heterocycles. The highest BCUT2D eigenvalue weighted by molar-refractivity contribution is 7.92.